The van der Waals surface area contributed by atoms with Gasteiger partial charge in [-0.15, -0.1) is 11.8 Å². The number of carbonyl (C=O) groups is 2. The number of amides is 2. The van der Waals surface area contributed by atoms with Crippen molar-refractivity contribution in [2.24, 2.45) is 0 Å². The van der Waals surface area contributed by atoms with Gasteiger partial charge in [0.2, 0.25) is 5.91 Å². The zero-order valence-electron chi connectivity index (χ0n) is 18.0. The van der Waals surface area contributed by atoms with Gasteiger partial charge in [0.05, 0.1) is 5.25 Å². The van der Waals surface area contributed by atoms with E-state index >= 15 is 0 Å². The second-order valence-corrected chi connectivity index (χ2v) is 9.04. The summed E-state index contributed by atoms with van der Waals surface area (Å²) in [7, 11) is 0. The molecule has 1 unspecified atom stereocenters. The Morgan fingerprint density at radius 2 is 1.53 bits per heavy atom. The first kappa shape index (κ1) is 21.7. The third-order valence-electron chi connectivity index (χ3n) is 5.12. The Balaban J connectivity index is 1.37. The molecule has 0 saturated carbocycles. The third-order valence-corrected chi connectivity index (χ3v) is 6.23. The van der Waals surface area contributed by atoms with Crippen LogP contribution >= 0.6 is 11.8 Å². The Kier molecular flexibility index (Phi) is 6.57. The molecule has 2 amide bonds. The molecular weight excluding hydrogens is 416 g/mol. The van der Waals surface area contributed by atoms with Crippen LogP contribution in [0, 0.1) is 6.92 Å². The van der Waals surface area contributed by atoms with Crippen molar-refractivity contribution in [2.45, 2.75) is 24.0 Å². The molecule has 0 aliphatic rings. The molecule has 0 heterocycles. The van der Waals surface area contributed by atoms with Gasteiger partial charge in [0, 0.05) is 27.2 Å². The number of fused-ring (bicyclic) bond motifs is 1. The lowest BCUT2D eigenvalue weighted by Gasteiger charge is -2.14. The van der Waals surface area contributed by atoms with Gasteiger partial charge >= 0.3 is 0 Å². The van der Waals surface area contributed by atoms with Crippen LogP contribution in [0.25, 0.3) is 10.8 Å². The van der Waals surface area contributed by atoms with E-state index in [1.165, 1.54) is 11.8 Å². The van der Waals surface area contributed by atoms with E-state index in [0.29, 0.717) is 11.3 Å². The van der Waals surface area contributed by atoms with Crippen LogP contribution in [0.3, 0.4) is 0 Å². The van der Waals surface area contributed by atoms with Crippen molar-refractivity contribution in [1.82, 2.24) is 0 Å². The second-order valence-electron chi connectivity index (χ2n) is 7.62. The molecule has 0 aliphatic carbocycles. The number of aryl methyl sites for hydroxylation is 1. The molecular formula is C27H24N2O2S. The minimum absolute atomic E-state index is 0.0526. The molecule has 2 N–H and O–H groups in total. The summed E-state index contributed by atoms with van der Waals surface area (Å²) in [6.07, 6.45) is 0. The molecule has 0 fully saturated rings. The highest BCUT2D eigenvalue weighted by Crippen LogP contribution is 2.28. The number of thioether (sulfide) groups is 1. The summed E-state index contributed by atoms with van der Waals surface area (Å²) < 4.78 is 0. The maximum Gasteiger partial charge on any atom is 0.255 e. The Morgan fingerprint density at radius 3 is 2.31 bits per heavy atom. The van der Waals surface area contributed by atoms with E-state index in [1.54, 1.807) is 6.07 Å². The fraction of sp³-hybridized carbons (Fsp3) is 0.111. The van der Waals surface area contributed by atoms with Crippen molar-refractivity contribution in [1.29, 1.82) is 0 Å². The van der Waals surface area contributed by atoms with Crippen LogP contribution in [0.15, 0.2) is 95.9 Å². The molecule has 4 aromatic carbocycles. The fourth-order valence-corrected chi connectivity index (χ4v) is 4.30. The topological polar surface area (TPSA) is 58.2 Å². The molecule has 32 heavy (non-hydrogen) atoms. The van der Waals surface area contributed by atoms with E-state index < -0.39 is 0 Å². The molecule has 0 aliphatic heterocycles. The number of carbonyl (C=O) groups excluding carboxylic acids is 2. The average molecular weight is 441 g/mol. The Labute approximate surface area is 192 Å². The summed E-state index contributed by atoms with van der Waals surface area (Å²) in [6.45, 7) is 3.85. The van der Waals surface area contributed by atoms with Crippen LogP contribution in [0.2, 0.25) is 0 Å². The Morgan fingerprint density at radius 1 is 0.812 bits per heavy atom. The van der Waals surface area contributed by atoms with Gasteiger partial charge < -0.3 is 10.6 Å². The van der Waals surface area contributed by atoms with Crippen LogP contribution in [-0.4, -0.2) is 17.1 Å². The van der Waals surface area contributed by atoms with Crippen LogP contribution in [0.1, 0.15) is 22.8 Å². The molecule has 4 aromatic rings. The zero-order chi connectivity index (χ0) is 22.5. The standard InChI is InChI=1S/C27H24N2O2S/c1-18-7-5-10-21(17-18)27(31)28-22-13-15-23(16-14-22)32-19(2)26(30)29-25-12-6-9-20-8-3-4-11-24(20)25/h3-17,19H,1-2H3,(H,28,31)(H,29,30). The fourth-order valence-electron chi connectivity index (χ4n) is 3.43. The van der Waals surface area contributed by atoms with Gasteiger partial charge in [0.25, 0.3) is 5.91 Å². The molecule has 1 atom stereocenters. The summed E-state index contributed by atoms with van der Waals surface area (Å²) in [5, 5.41) is 7.80. The number of anilines is 2. The summed E-state index contributed by atoms with van der Waals surface area (Å²) in [6, 6.07) is 28.9. The lowest BCUT2D eigenvalue weighted by atomic mass is 10.1. The van der Waals surface area contributed by atoms with Crippen molar-refractivity contribution in [2.75, 3.05) is 10.6 Å². The normalized spacial score (nSPS) is 11.7. The van der Waals surface area contributed by atoms with E-state index in [4.69, 9.17) is 0 Å². The van der Waals surface area contributed by atoms with Crippen LogP contribution < -0.4 is 10.6 Å². The summed E-state index contributed by atoms with van der Waals surface area (Å²) >= 11 is 1.48. The molecule has 160 valence electrons. The predicted molar refractivity (Wildman–Crippen MR) is 133 cm³/mol. The van der Waals surface area contributed by atoms with Gasteiger partial charge in [0.1, 0.15) is 0 Å². The number of rotatable bonds is 6. The lowest BCUT2D eigenvalue weighted by molar-refractivity contribution is -0.115. The first-order chi connectivity index (χ1) is 15.5. The van der Waals surface area contributed by atoms with Crippen molar-refractivity contribution in [3.8, 4) is 0 Å². The first-order valence-corrected chi connectivity index (χ1v) is 11.3. The summed E-state index contributed by atoms with van der Waals surface area (Å²) in [5.74, 6) is -0.194. The largest absolute Gasteiger partial charge is 0.325 e. The van der Waals surface area contributed by atoms with Gasteiger partial charge in [-0.25, -0.2) is 0 Å². The first-order valence-electron chi connectivity index (χ1n) is 10.4. The quantitative estimate of drug-likeness (QED) is 0.336. The number of nitrogens with one attached hydrogen (secondary N) is 2. The van der Waals surface area contributed by atoms with Gasteiger partial charge in [-0.05, 0) is 61.7 Å². The van der Waals surface area contributed by atoms with E-state index in [2.05, 4.69) is 10.6 Å². The molecule has 0 radical (unpaired) electrons. The minimum atomic E-state index is -0.276. The third kappa shape index (κ3) is 5.18. The number of hydrogen-bond acceptors (Lipinski definition) is 3. The Bertz CT molecular complexity index is 1260. The molecule has 0 spiro atoms. The van der Waals surface area contributed by atoms with Crippen LogP contribution in [0.5, 0.6) is 0 Å². The number of benzene rings is 4. The molecule has 0 aromatic heterocycles. The zero-order valence-corrected chi connectivity index (χ0v) is 18.8. The summed E-state index contributed by atoms with van der Waals surface area (Å²) in [5.41, 5.74) is 3.20. The van der Waals surface area contributed by atoms with Crippen molar-refractivity contribution in [3.63, 3.8) is 0 Å². The van der Waals surface area contributed by atoms with Crippen LogP contribution in [-0.2, 0) is 4.79 Å². The smallest absolute Gasteiger partial charge is 0.255 e. The van der Waals surface area contributed by atoms with Gasteiger partial charge in [-0.1, -0.05) is 54.1 Å². The molecule has 4 rings (SSSR count). The van der Waals surface area contributed by atoms with Gasteiger partial charge in [0.15, 0.2) is 0 Å². The van der Waals surface area contributed by atoms with E-state index in [9.17, 15) is 9.59 Å². The second kappa shape index (κ2) is 9.71. The molecule has 0 saturated heterocycles. The van der Waals surface area contributed by atoms with Crippen molar-refractivity contribution in [3.05, 3.63) is 102 Å². The maximum absolute atomic E-state index is 12.8. The van der Waals surface area contributed by atoms with Gasteiger partial charge in [-0.2, -0.15) is 0 Å². The van der Waals surface area contributed by atoms with Gasteiger partial charge in [-0.3, -0.25) is 9.59 Å². The highest BCUT2D eigenvalue weighted by molar-refractivity contribution is 8.00. The van der Waals surface area contributed by atoms with Crippen molar-refractivity contribution < 1.29 is 9.59 Å². The summed E-state index contributed by atoms with van der Waals surface area (Å²) in [4.78, 5) is 26.1. The Hall–Kier alpha value is -3.57. The highest BCUT2D eigenvalue weighted by atomic mass is 32.2. The number of hydrogen-bond donors (Lipinski definition) is 2. The minimum Gasteiger partial charge on any atom is -0.325 e. The average Bonchev–Trinajstić information content (AvgIpc) is 2.80. The molecule has 5 heteroatoms. The van der Waals surface area contributed by atoms with Crippen molar-refractivity contribution >= 4 is 45.7 Å². The monoisotopic (exact) mass is 440 g/mol. The molecule has 0 bridgehead atoms. The van der Waals surface area contributed by atoms with E-state index in [-0.39, 0.29) is 17.1 Å². The molecule has 4 nitrogen and oxygen atoms in total. The van der Waals surface area contributed by atoms with E-state index in [0.717, 1.165) is 26.9 Å². The maximum atomic E-state index is 12.8. The predicted octanol–water partition coefficient (Wildman–Crippen LogP) is 6.52. The SMILES string of the molecule is Cc1cccc(C(=O)Nc2ccc(SC(C)C(=O)Nc3cccc4ccccc34)cc2)c1. The highest BCUT2D eigenvalue weighted by Gasteiger charge is 2.16. The lowest BCUT2D eigenvalue weighted by Crippen LogP contribution is -2.22. The van der Waals surface area contributed by atoms with E-state index in [1.807, 2.05) is 98.8 Å². The van der Waals surface area contributed by atoms with Crippen LogP contribution in [0.4, 0.5) is 11.4 Å².